The summed E-state index contributed by atoms with van der Waals surface area (Å²) in [6.07, 6.45) is 2.26. The van der Waals surface area contributed by atoms with Gasteiger partial charge in [-0.25, -0.2) is 4.39 Å². The Morgan fingerprint density at radius 3 is 2.61 bits per heavy atom. The Hall–Kier alpha value is -2.44. The van der Waals surface area contributed by atoms with Gasteiger partial charge in [-0.2, -0.15) is 0 Å². The highest BCUT2D eigenvalue weighted by molar-refractivity contribution is 5.76. The van der Waals surface area contributed by atoms with Crippen LogP contribution in [-0.4, -0.2) is 49.5 Å². The normalized spacial score (nSPS) is 20.0. The Kier molecular flexibility index (Phi) is 9.95. The molecular weight excluding hydrogens is 393 g/mol. The lowest BCUT2D eigenvalue weighted by molar-refractivity contribution is -0.0979. The van der Waals surface area contributed by atoms with E-state index in [4.69, 9.17) is 4.79 Å². The van der Waals surface area contributed by atoms with Crippen LogP contribution in [0.3, 0.4) is 0 Å². The number of para-hydroxylation sites is 1. The third kappa shape index (κ3) is 6.05. The van der Waals surface area contributed by atoms with Crippen LogP contribution in [-0.2, 0) is 4.79 Å². The Labute approximate surface area is 185 Å². The molecule has 31 heavy (non-hydrogen) atoms. The van der Waals surface area contributed by atoms with Gasteiger partial charge in [-0.15, -0.1) is 0 Å². The molecule has 2 aliphatic rings. The molecule has 0 aromatic heterocycles. The number of carbonyl (C=O) groups excluding carboxylic acids is 1. The molecule has 3 N–H and O–H groups in total. The number of piperidine rings is 1. The van der Waals surface area contributed by atoms with Gasteiger partial charge in [0.15, 0.2) is 0 Å². The van der Waals surface area contributed by atoms with Crippen molar-refractivity contribution in [3.8, 4) is 0 Å². The quantitative estimate of drug-likeness (QED) is 0.615. The van der Waals surface area contributed by atoms with Crippen LogP contribution >= 0.6 is 0 Å². The molecule has 1 saturated heterocycles. The van der Waals surface area contributed by atoms with Crippen LogP contribution in [0.2, 0.25) is 0 Å². The van der Waals surface area contributed by atoms with Gasteiger partial charge in [0.1, 0.15) is 12.6 Å². The topological polar surface area (TPSA) is 64.6 Å². The lowest BCUT2D eigenvalue weighted by Crippen LogP contribution is -2.42. The van der Waals surface area contributed by atoms with Crippen molar-refractivity contribution in [2.24, 2.45) is 0 Å². The molecule has 2 aromatic rings. The van der Waals surface area contributed by atoms with Crippen molar-refractivity contribution in [3.05, 3.63) is 59.4 Å². The number of hydrogen-bond acceptors (Lipinski definition) is 5. The standard InChI is InChI=1S/C22H28FN3O.C2H6.CH2O/c1-24-20-5-2-4-17-18-14-26(13-11-19(18)25-22(17)20)12-3-6-21(27)15-7-9-16(23)10-8-15;2*1-2/h2,4-5,7-10,18-19,21,24-25,27H,3,6,11-14H2,1H3;1-2H3;1H2. The molecule has 5 nitrogen and oxygen atoms in total. The Morgan fingerprint density at radius 1 is 1.23 bits per heavy atom. The predicted octanol–water partition coefficient (Wildman–Crippen LogP) is 4.81. The second-order valence-electron chi connectivity index (χ2n) is 7.68. The van der Waals surface area contributed by atoms with Gasteiger partial charge in [-0.3, -0.25) is 0 Å². The molecule has 3 atom stereocenters. The number of aliphatic hydroxyl groups excluding tert-OH is 1. The van der Waals surface area contributed by atoms with E-state index in [1.54, 1.807) is 12.1 Å². The van der Waals surface area contributed by atoms with Crippen molar-refractivity contribution in [2.75, 3.05) is 37.3 Å². The fourth-order valence-electron chi connectivity index (χ4n) is 4.50. The Balaban J connectivity index is 0.000000807. The van der Waals surface area contributed by atoms with E-state index in [2.05, 4.69) is 33.7 Å². The molecule has 4 rings (SSSR count). The number of anilines is 2. The summed E-state index contributed by atoms with van der Waals surface area (Å²) in [5.41, 5.74) is 4.66. The average Bonchev–Trinajstić information content (AvgIpc) is 3.20. The lowest BCUT2D eigenvalue weighted by atomic mass is 9.89. The van der Waals surface area contributed by atoms with Crippen LogP contribution < -0.4 is 10.6 Å². The number of rotatable bonds is 6. The summed E-state index contributed by atoms with van der Waals surface area (Å²) in [4.78, 5) is 10.5. The minimum atomic E-state index is -0.518. The number of nitrogens with zero attached hydrogens (tertiary/aromatic N) is 1. The fraction of sp³-hybridized carbons (Fsp3) is 0.480. The summed E-state index contributed by atoms with van der Waals surface area (Å²) in [7, 11) is 1.97. The molecular formula is C25H36FN3O2. The number of hydrogen-bond donors (Lipinski definition) is 3. The summed E-state index contributed by atoms with van der Waals surface area (Å²) in [6, 6.07) is 13.2. The summed E-state index contributed by atoms with van der Waals surface area (Å²) >= 11 is 0. The first-order valence-corrected chi connectivity index (χ1v) is 11.2. The molecule has 0 radical (unpaired) electrons. The zero-order valence-corrected chi connectivity index (χ0v) is 18.9. The van der Waals surface area contributed by atoms with Crippen LogP contribution in [0.5, 0.6) is 0 Å². The number of halogens is 1. The maximum absolute atomic E-state index is 13.0. The largest absolute Gasteiger partial charge is 0.388 e. The van der Waals surface area contributed by atoms with E-state index in [9.17, 15) is 9.50 Å². The molecule has 1 fully saturated rings. The van der Waals surface area contributed by atoms with Crippen LogP contribution in [0, 0.1) is 5.82 Å². The number of carbonyl (C=O) groups is 1. The second kappa shape index (κ2) is 12.4. The van der Waals surface area contributed by atoms with Crippen LogP contribution in [0.1, 0.15) is 56.3 Å². The van der Waals surface area contributed by atoms with Crippen molar-refractivity contribution in [1.82, 2.24) is 4.90 Å². The summed E-state index contributed by atoms with van der Waals surface area (Å²) < 4.78 is 13.0. The highest BCUT2D eigenvalue weighted by Gasteiger charge is 2.37. The van der Waals surface area contributed by atoms with E-state index in [1.165, 1.54) is 29.1 Å². The third-order valence-corrected chi connectivity index (χ3v) is 6.00. The van der Waals surface area contributed by atoms with Gasteiger partial charge in [-0.1, -0.05) is 38.1 Å². The number of nitrogens with one attached hydrogen (secondary N) is 2. The summed E-state index contributed by atoms with van der Waals surface area (Å²) in [5, 5.41) is 17.3. The van der Waals surface area contributed by atoms with Gasteiger partial charge >= 0.3 is 0 Å². The molecule has 2 aliphatic heterocycles. The Morgan fingerprint density at radius 2 is 1.94 bits per heavy atom. The summed E-state index contributed by atoms with van der Waals surface area (Å²) in [5.74, 6) is 0.268. The average molecular weight is 430 g/mol. The van der Waals surface area contributed by atoms with Gasteiger partial charge < -0.3 is 25.4 Å². The first kappa shape index (κ1) is 24.8. The highest BCUT2D eigenvalue weighted by Crippen LogP contribution is 2.43. The first-order valence-electron chi connectivity index (χ1n) is 11.2. The van der Waals surface area contributed by atoms with E-state index >= 15 is 0 Å². The van der Waals surface area contributed by atoms with Crippen molar-refractivity contribution >= 4 is 18.2 Å². The molecule has 0 bridgehead atoms. The number of benzene rings is 2. The van der Waals surface area contributed by atoms with Gasteiger partial charge in [0, 0.05) is 32.1 Å². The third-order valence-electron chi connectivity index (χ3n) is 6.00. The van der Waals surface area contributed by atoms with Crippen molar-refractivity contribution < 1.29 is 14.3 Å². The van der Waals surface area contributed by atoms with Crippen LogP contribution in [0.15, 0.2) is 42.5 Å². The van der Waals surface area contributed by atoms with Gasteiger partial charge in [0.25, 0.3) is 0 Å². The molecule has 0 spiro atoms. The van der Waals surface area contributed by atoms with Crippen molar-refractivity contribution in [2.45, 2.75) is 51.2 Å². The number of fused-ring (bicyclic) bond motifs is 3. The monoisotopic (exact) mass is 429 g/mol. The minimum Gasteiger partial charge on any atom is -0.388 e. The predicted molar refractivity (Wildman–Crippen MR) is 126 cm³/mol. The van der Waals surface area contributed by atoms with Crippen molar-refractivity contribution in [3.63, 3.8) is 0 Å². The first-order chi connectivity index (χ1) is 15.2. The van der Waals surface area contributed by atoms with Gasteiger partial charge in [-0.05, 0) is 55.1 Å². The van der Waals surface area contributed by atoms with E-state index in [1.807, 2.05) is 27.7 Å². The van der Waals surface area contributed by atoms with Gasteiger partial charge in [0.2, 0.25) is 0 Å². The van der Waals surface area contributed by atoms with Crippen LogP contribution in [0.4, 0.5) is 15.8 Å². The van der Waals surface area contributed by atoms with Gasteiger partial charge in [0.05, 0.1) is 17.5 Å². The maximum Gasteiger partial charge on any atom is 0.123 e. The molecule has 2 heterocycles. The molecule has 0 aliphatic carbocycles. The van der Waals surface area contributed by atoms with Crippen LogP contribution in [0.25, 0.3) is 0 Å². The van der Waals surface area contributed by atoms with E-state index < -0.39 is 6.10 Å². The van der Waals surface area contributed by atoms with E-state index in [-0.39, 0.29) is 5.82 Å². The molecule has 2 aromatic carbocycles. The zero-order chi connectivity index (χ0) is 22.8. The minimum absolute atomic E-state index is 0.263. The SMILES string of the molecule is C=O.CC.CNc1cccc2c1NC1CCN(CCCC(O)c3ccc(F)cc3)CC21. The molecule has 3 unspecified atom stereocenters. The summed E-state index contributed by atoms with van der Waals surface area (Å²) in [6.45, 7) is 9.14. The molecule has 0 amide bonds. The van der Waals surface area contributed by atoms with E-state index in [0.29, 0.717) is 18.4 Å². The molecule has 0 saturated carbocycles. The number of aliphatic hydroxyl groups is 1. The second-order valence-corrected chi connectivity index (χ2v) is 7.68. The lowest BCUT2D eigenvalue weighted by Gasteiger charge is -2.35. The maximum atomic E-state index is 13.0. The zero-order valence-electron chi connectivity index (χ0n) is 18.9. The smallest absolute Gasteiger partial charge is 0.123 e. The highest BCUT2D eigenvalue weighted by atomic mass is 19.1. The fourth-order valence-corrected chi connectivity index (χ4v) is 4.50. The van der Waals surface area contributed by atoms with E-state index in [0.717, 1.165) is 38.0 Å². The number of likely N-dealkylation sites (tertiary alicyclic amines) is 1. The Bertz CT molecular complexity index is 800. The molecule has 170 valence electrons. The van der Waals surface area contributed by atoms with Crippen molar-refractivity contribution in [1.29, 1.82) is 0 Å². The molecule has 6 heteroatoms.